The minimum atomic E-state index is -0.744. The van der Waals surface area contributed by atoms with Crippen LogP contribution in [0.3, 0.4) is 0 Å². The van der Waals surface area contributed by atoms with Crippen molar-refractivity contribution in [3.8, 4) is 11.1 Å². The number of carbonyl (C=O) groups excluding carboxylic acids is 2. The Labute approximate surface area is 144 Å². The maximum atomic E-state index is 14.2. The monoisotopic (exact) mass is 348 g/mol. The molecule has 2 aromatic rings. The van der Waals surface area contributed by atoms with Gasteiger partial charge in [-0.25, -0.2) is 13.6 Å². The Balaban J connectivity index is 1.88. The molecule has 25 heavy (non-hydrogen) atoms. The molecule has 0 radical (unpaired) electrons. The molecule has 0 aliphatic rings. The Morgan fingerprint density at radius 1 is 1.04 bits per heavy atom. The van der Waals surface area contributed by atoms with Crippen molar-refractivity contribution in [1.82, 2.24) is 10.6 Å². The molecule has 5 nitrogen and oxygen atoms in total. The van der Waals surface area contributed by atoms with Crippen LogP contribution in [0.5, 0.6) is 0 Å². The van der Waals surface area contributed by atoms with Crippen LogP contribution >= 0.6 is 0 Å². The highest BCUT2D eigenvalue weighted by atomic mass is 19.1. The molecule has 7 heteroatoms. The molecule has 0 spiro atoms. The molecule has 0 aromatic heterocycles. The number of hydrogen-bond acceptors (Lipinski definition) is 3. The summed E-state index contributed by atoms with van der Waals surface area (Å²) in [4.78, 5) is 22.3. The predicted molar refractivity (Wildman–Crippen MR) is 88.9 cm³/mol. The van der Waals surface area contributed by atoms with Crippen LogP contribution in [0.25, 0.3) is 11.1 Å². The number of likely N-dealkylation sites (N-methyl/N-ethyl adjacent to an activating group) is 1. The van der Waals surface area contributed by atoms with Gasteiger partial charge < -0.3 is 15.4 Å². The molecule has 0 saturated carbocycles. The number of nitrogens with one attached hydrogen (secondary N) is 2. The van der Waals surface area contributed by atoms with Gasteiger partial charge in [-0.3, -0.25) is 4.79 Å². The first-order valence-corrected chi connectivity index (χ1v) is 7.65. The Kier molecular flexibility index (Phi) is 6.45. The molecule has 2 amide bonds. The second-order valence-corrected chi connectivity index (χ2v) is 5.24. The largest absolute Gasteiger partial charge is 0.439 e. The zero-order valence-corrected chi connectivity index (χ0v) is 13.6. The van der Waals surface area contributed by atoms with Gasteiger partial charge in [-0.05, 0) is 41.3 Å². The van der Waals surface area contributed by atoms with E-state index in [1.54, 1.807) is 24.3 Å². The van der Waals surface area contributed by atoms with Gasteiger partial charge in [0.05, 0.1) is 0 Å². The first kappa shape index (κ1) is 18.4. The summed E-state index contributed by atoms with van der Waals surface area (Å²) in [6.07, 6.45) is -0.475. The van der Waals surface area contributed by atoms with Crippen molar-refractivity contribution in [2.75, 3.05) is 20.2 Å². The van der Waals surface area contributed by atoms with E-state index in [2.05, 4.69) is 15.4 Å². The molecule has 0 aliphatic carbocycles. The van der Waals surface area contributed by atoms with E-state index in [-0.39, 0.29) is 25.4 Å². The van der Waals surface area contributed by atoms with Crippen LogP contribution in [-0.4, -0.2) is 32.2 Å². The number of amides is 2. The number of halogens is 2. The summed E-state index contributed by atoms with van der Waals surface area (Å²) in [6, 6.07) is 10.5. The van der Waals surface area contributed by atoms with Crippen LogP contribution < -0.4 is 10.6 Å². The first-order valence-electron chi connectivity index (χ1n) is 7.65. The SMILES string of the molecule is CNC(=O)COC(=O)NCCc1ccc(-c2ccc(F)cc2)cc1F. The quantitative estimate of drug-likeness (QED) is 0.843. The average Bonchev–Trinajstić information content (AvgIpc) is 2.61. The van der Waals surface area contributed by atoms with E-state index >= 15 is 0 Å². The standard InChI is InChI=1S/C18H18F2N2O3/c1-21-17(23)11-25-18(24)22-9-8-13-2-3-14(10-16(13)20)12-4-6-15(19)7-5-12/h2-7,10H,8-9,11H2,1H3,(H,21,23)(H,22,24). The number of carbonyl (C=O) groups is 2. The first-order chi connectivity index (χ1) is 12.0. The summed E-state index contributed by atoms with van der Waals surface area (Å²) >= 11 is 0. The lowest BCUT2D eigenvalue weighted by atomic mass is 10.0. The third kappa shape index (κ3) is 5.56. The molecular formula is C18H18F2N2O3. The molecule has 2 rings (SSSR count). The molecule has 0 saturated heterocycles. The topological polar surface area (TPSA) is 67.4 Å². The molecule has 0 aliphatic heterocycles. The molecule has 2 aromatic carbocycles. The van der Waals surface area contributed by atoms with Crippen LogP contribution in [0.4, 0.5) is 13.6 Å². The van der Waals surface area contributed by atoms with Gasteiger partial charge in [0.25, 0.3) is 5.91 Å². The highest BCUT2D eigenvalue weighted by Gasteiger charge is 2.08. The summed E-state index contributed by atoms with van der Waals surface area (Å²) in [7, 11) is 1.43. The summed E-state index contributed by atoms with van der Waals surface area (Å²) < 4.78 is 31.8. The van der Waals surface area contributed by atoms with Gasteiger partial charge in [-0.2, -0.15) is 0 Å². The number of rotatable bonds is 6. The van der Waals surface area contributed by atoms with Crippen molar-refractivity contribution in [3.05, 3.63) is 59.7 Å². The van der Waals surface area contributed by atoms with Gasteiger partial charge in [-0.1, -0.05) is 24.3 Å². The summed E-state index contributed by atoms with van der Waals surface area (Å²) in [5.74, 6) is -1.19. The fraction of sp³-hybridized carbons (Fsp3) is 0.222. The van der Waals surface area contributed by atoms with Crippen LogP contribution in [0.2, 0.25) is 0 Å². The summed E-state index contributed by atoms with van der Waals surface area (Å²) in [6.45, 7) is -0.206. The third-order valence-electron chi connectivity index (χ3n) is 3.51. The molecule has 0 fully saturated rings. The van der Waals surface area contributed by atoms with Crippen LogP contribution in [-0.2, 0) is 16.0 Å². The Bertz CT molecular complexity index is 748. The second-order valence-electron chi connectivity index (χ2n) is 5.24. The normalized spacial score (nSPS) is 10.2. The fourth-order valence-corrected chi connectivity index (χ4v) is 2.13. The van der Waals surface area contributed by atoms with Gasteiger partial charge in [0.1, 0.15) is 11.6 Å². The lowest BCUT2D eigenvalue weighted by Gasteiger charge is -2.08. The van der Waals surface area contributed by atoms with Gasteiger partial charge in [0.2, 0.25) is 0 Å². The minimum absolute atomic E-state index is 0.166. The summed E-state index contributed by atoms with van der Waals surface area (Å²) in [5, 5.41) is 4.76. The molecule has 0 unspecified atom stereocenters. The van der Waals surface area contributed by atoms with Crippen molar-refractivity contribution in [2.24, 2.45) is 0 Å². The maximum absolute atomic E-state index is 14.2. The lowest BCUT2D eigenvalue weighted by Crippen LogP contribution is -2.31. The van der Waals surface area contributed by atoms with E-state index in [0.29, 0.717) is 16.7 Å². The molecule has 132 valence electrons. The van der Waals surface area contributed by atoms with Gasteiger partial charge >= 0.3 is 6.09 Å². The van der Waals surface area contributed by atoms with Crippen molar-refractivity contribution in [2.45, 2.75) is 6.42 Å². The van der Waals surface area contributed by atoms with Crippen molar-refractivity contribution in [1.29, 1.82) is 0 Å². The Hall–Kier alpha value is -2.96. The van der Waals surface area contributed by atoms with Crippen LogP contribution in [0, 0.1) is 11.6 Å². The van der Waals surface area contributed by atoms with Gasteiger partial charge in [-0.15, -0.1) is 0 Å². The van der Waals surface area contributed by atoms with Gasteiger partial charge in [0, 0.05) is 13.6 Å². The molecule has 2 N–H and O–H groups in total. The van der Waals surface area contributed by atoms with E-state index in [1.165, 1.54) is 25.2 Å². The number of ether oxygens (including phenoxy) is 1. The van der Waals surface area contributed by atoms with Crippen LogP contribution in [0.1, 0.15) is 5.56 Å². The lowest BCUT2D eigenvalue weighted by molar-refractivity contribution is -0.123. The Morgan fingerprint density at radius 2 is 1.72 bits per heavy atom. The van der Waals surface area contributed by atoms with E-state index in [0.717, 1.165) is 0 Å². The molecule has 0 heterocycles. The van der Waals surface area contributed by atoms with E-state index in [1.807, 2.05) is 0 Å². The van der Waals surface area contributed by atoms with Gasteiger partial charge in [0.15, 0.2) is 6.61 Å². The third-order valence-corrected chi connectivity index (χ3v) is 3.51. The summed E-state index contributed by atoms with van der Waals surface area (Å²) in [5.41, 5.74) is 1.78. The predicted octanol–water partition coefficient (Wildman–Crippen LogP) is 2.65. The highest BCUT2D eigenvalue weighted by Crippen LogP contribution is 2.22. The minimum Gasteiger partial charge on any atom is -0.439 e. The maximum Gasteiger partial charge on any atom is 0.407 e. The van der Waals surface area contributed by atoms with E-state index in [9.17, 15) is 18.4 Å². The van der Waals surface area contributed by atoms with E-state index < -0.39 is 17.8 Å². The van der Waals surface area contributed by atoms with Crippen molar-refractivity contribution >= 4 is 12.0 Å². The van der Waals surface area contributed by atoms with Crippen molar-refractivity contribution in [3.63, 3.8) is 0 Å². The highest BCUT2D eigenvalue weighted by molar-refractivity contribution is 5.79. The molecular weight excluding hydrogens is 330 g/mol. The average molecular weight is 348 g/mol. The van der Waals surface area contributed by atoms with E-state index in [4.69, 9.17) is 0 Å². The van der Waals surface area contributed by atoms with Crippen molar-refractivity contribution < 1.29 is 23.1 Å². The smallest absolute Gasteiger partial charge is 0.407 e. The Morgan fingerprint density at radius 3 is 2.36 bits per heavy atom. The zero-order valence-electron chi connectivity index (χ0n) is 13.6. The van der Waals surface area contributed by atoms with Crippen LogP contribution in [0.15, 0.2) is 42.5 Å². The molecule has 0 bridgehead atoms. The zero-order chi connectivity index (χ0) is 18.2. The second kappa shape index (κ2) is 8.77. The number of benzene rings is 2. The fourth-order valence-electron chi connectivity index (χ4n) is 2.13. The molecule has 0 atom stereocenters. The number of alkyl carbamates (subject to hydrolysis) is 1. The number of hydrogen-bond donors (Lipinski definition) is 2.